The van der Waals surface area contributed by atoms with Gasteiger partial charge in [-0.25, -0.2) is 0 Å². The lowest BCUT2D eigenvalue weighted by Gasteiger charge is -2.29. The van der Waals surface area contributed by atoms with Crippen LogP contribution in [0.4, 0.5) is 0 Å². The summed E-state index contributed by atoms with van der Waals surface area (Å²) < 4.78 is 0. The number of thioether (sulfide) groups is 1. The summed E-state index contributed by atoms with van der Waals surface area (Å²) in [5, 5.41) is 10.9. The van der Waals surface area contributed by atoms with Gasteiger partial charge in [0, 0.05) is 4.90 Å². The van der Waals surface area contributed by atoms with E-state index in [-0.39, 0.29) is 0 Å². The molecule has 0 radical (unpaired) electrons. The van der Waals surface area contributed by atoms with Crippen molar-refractivity contribution in [3.8, 4) is 5.40 Å². The summed E-state index contributed by atoms with van der Waals surface area (Å²) in [6, 6.07) is 8.67. The molecule has 126 valence electrons. The number of thiocyanates is 1. The Hall–Kier alpha value is -0.940. The van der Waals surface area contributed by atoms with E-state index in [0.717, 1.165) is 16.7 Å². The molecule has 23 heavy (non-hydrogen) atoms. The number of hydrogen-bond acceptors (Lipinski definition) is 2. The van der Waals surface area contributed by atoms with Crippen LogP contribution in [0.5, 0.6) is 0 Å². The Balaban J connectivity index is 1.64. The fourth-order valence-electron chi connectivity index (χ4n) is 3.86. The van der Waals surface area contributed by atoms with Crippen molar-refractivity contribution in [2.24, 2.45) is 5.92 Å². The monoisotopic (exact) mass is 329 g/mol. The van der Waals surface area contributed by atoms with Crippen molar-refractivity contribution in [2.75, 3.05) is 0 Å². The number of benzene rings is 1. The van der Waals surface area contributed by atoms with Crippen LogP contribution in [-0.4, -0.2) is 0 Å². The summed E-state index contributed by atoms with van der Waals surface area (Å²) in [7, 11) is 0. The number of nitriles is 1. The lowest BCUT2D eigenvalue weighted by atomic mass is 9.77. The minimum atomic E-state index is 0.747. The molecule has 1 aromatic carbocycles. The summed E-state index contributed by atoms with van der Waals surface area (Å²) in [5.74, 6) is 1.72. The first-order chi connectivity index (χ1) is 11.3. The molecule has 0 aliphatic heterocycles. The van der Waals surface area contributed by atoms with Crippen LogP contribution < -0.4 is 0 Å². The topological polar surface area (TPSA) is 23.8 Å². The molecule has 1 aromatic rings. The molecule has 0 unspecified atom stereocenters. The normalized spacial score (nSPS) is 21.0. The van der Waals surface area contributed by atoms with Gasteiger partial charge in [-0.15, -0.1) is 0 Å². The minimum Gasteiger partial charge on any atom is -0.185 e. The molecule has 0 saturated heterocycles. The van der Waals surface area contributed by atoms with Crippen molar-refractivity contribution in [1.82, 2.24) is 0 Å². The quantitative estimate of drug-likeness (QED) is 0.270. The molecular weight excluding hydrogens is 298 g/mol. The second-order valence-electron chi connectivity index (χ2n) is 7.04. The molecule has 0 N–H and O–H groups in total. The Bertz CT molecular complexity index is 466. The van der Waals surface area contributed by atoms with Gasteiger partial charge < -0.3 is 0 Å². The van der Waals surface area contributed by atoms with Crippen LogP contribution in [0.2, 0.25) is 0 Å². The van der Waals surface area contributed by atoms with Crippen molar-refractivity contribution in [3.63, 3.8) is 0 Å². The molecule has 0 amide bonds. The van der Waals surface area contributed by atoms with E-state index in [4.69, 9.17) is 5.26 Å². The van der Waals surface area contributed by atoms with Gasteiger partial charge in [-0.05, 0) is 67.0 Å². The zero-order valence-electron chi connectivity index (χ0n) is 14.6. The lowest BCUT2D eigenvalue weighted by Crippen LogP contribution is -2.13. The molecule has 0 aromatic heterocycles. The molecular formula is C21H31NS. The third-order valence-corrected chi connectivity index (χ3v) is 5.93. The molecule has 1 aliphatic rings. The number of unbranched alkanes of at least 4 members (excludes halogenated alkanes) is 5. The van der Waals surface area contributed by atoms with Gasteiger partial charge >= 0.3 is 0 Å². The van der Waals surface area contributed by atoms with Gasteiger partial charge in [-0.3, -0.25) is 0 Å². The van der Waals surface area contributed by atoms with Crippen LogP contribution in [0.1, 0.15) is 89.0 Å². The van der Waals surface area contributed by atoms with Crippen LogP contribution in [-0.2, 0) is 0 Å². The maximum atomic E-state index is 8.71. The Morgan fingerprint density at radius 1 is 0.957 bits per heavy atom. The van der Waals surface area contributed by atoms with Crippen molar-refractivity contribution in [1.29, 1.82) is 5.26 Å². The van der Waals surface area contributed by atoms with E-state index >= 15 is 0 Å². The first kappa shape index (κ1) is 18.4. The average molecular weight is 330 g/mol. The summed E-state index contributed by atoms with van der Waals surface area (Å²) in [6.07, 6.45) is 15.5. The van der Waals surface area contributed by atoms with Crippen molar-refractivity contribution in [3.05, 3.63) is 29.8 Å². The summed E-state index contributed by atoms with van der Waals surface area (Å²) in [4.78, 5) is 1.06. The second kappa shape index (κ2) is 10.8. The molecule has 1 saturated carbocycles. The maximum absolute atomic E-state index is 8.71. The van der Waals surface area contributed by atoms with Crippen LogP contribution in [0.15, 0.2) is 29.2 Å². The lowest BCUT2D eigenvalue weighted by molar-refractivity contribution is 0.302. The first-order valence-corrected chi connectivity index (χ1v) is 10.3. The molecule has 0 spiro atoms. The number of hydrogen-bond donors (Lipinski definition) is 0. The van der Waals surface area contributed by atoms with Gasteiger partial charge in [0.2, 0.25) is 0 Å². The standard InChI is InChI=1S/C21H31NS/c1-2-3-4-5-6-7-8-18-9-11-19(12-10-18)20-13-15-21(16-14-20)23-17-22/h13-16,18-19H,2-12H2,1H3. The van der Waals surface area contributed by atoms with Gasteiger partial charge in [0.1, 0.15) is 5.40 Å². The number of nitrogens with zero attached hydrogens (tertiary/aromatic N) is 1. The largest absolute Gasteiger partial charge is 0.185 e. The minimum absolute atomic E-state index is 0.747. The van der Waals surface area contributed by atoms with E-state index in [0.29, 0.717) is 0 Å². The second-order valence-corrected chi connectivity index (χ2v) is 7.89. The van der Waals surface area contributed by atoms with Gasteiger partial charge in [-0.2, -0.15) is 5.26 Å². The van der Waals surface area contributed by atoms with Crippen LogP contribution in [0, 0.1) is 16.6 Å². The van der Waals surface area contributed by atoms with Crippen molar-refractivity contribution < 1.29 is 0 Å². The van der Waals surface area contributed by atoms with E-state index in [1.165, 1.54) is 88.0 Å². The SMILES string of the molecule is CCCCCCCCC1CCC(c2ccc(SC#N)cc2)CC1. The molecule has 1 fully saturated rings. The summed E-state index contributed by atoms with van der Waals surface area (Å²) in [5.41, 5.74) is 1.48. The molecule has 1 nitrogen and oxygen atoms in total. The summed E-state index contributed by atoms with van der Waals surface area (Å²) >= 11 is 1.25. The van der Waals surface area contributed by atoms with Gasteiger partial charge in [0.05, 0.1) is 0 Å². The highest BCUT2D eigenvalue weighted by Crippen LogP contribution is 2.38. The Labute approximate surface area is 146 Å². The van der Waals surface area contributed by atoms with E-state index in [1.54, 1.807) is 0 Å². The highest BCUT2D eigenvalue weighted by Gasteiger charge is 2.21. The zero-order valence-corrected chi connectivity index (χ0v) is 15.4. The Morgan fingerprint density at radius 2 is 1.61 bits per heavy atom. The van der Waals surface area contributed by atoms with Crippen LogP contribution in [0.3, 0.4) is 0 Å². The fourth-order valence-corrected chi connectivity index (χ4v) is 4.24. The van der Waals surface area contributed by atoms with Gasteiger partial charge in [0.15, 0.2) is 0 Å². The smallest absolute Gasteiger partial charge is 0.138 e. The first-order valence-electron chi connectivity index (χ1n) is 9.49. The van der Waals surface area contributed by atoms with Gasteiger partial charge in [0.25, 0.3) is 0 Å². The van der Waals surface area contributed by atoms with Gasteiger partial charge in [-0.1, -0.05) is 64.0 Å². The molecule has 2 heteroatoms. The predicted molar refractivity (Wildman–Crippen MR) is 101 cm³/mol. The molecule has 0 atom stereocenters. The van der Waals surface area contributed by atoms with Crippen LogP contribution >= 0.6 is 11.8 Å². The molecule has 2 rings (SSSR count). The molecule has 1 aliphatic carbocycles. The van der Waals surface area contributed by atoms with Crippen LogP contribution in [0.25, 0.3) is 0 Å². The Morgan fingerprint density at radius 3 is 2.26 bits per heavy atom. The third kappa shape index (κ3) is 6.60. The predicted octanol–water partition coefficient (Wildman–Crippen LogP) is 7.28. The highest BCUT2D eigenvalue weighted by molar-refractivity contribution is 8.03. The zero-order chi connectivity index (χ0) is 16.3. The van der Waals surface area contributed by atoms with E-state index in [2.05, 4.69) is 36.6 Å². The number of rotatable bonds is 9. The summed E-state index contributed by atoms with van der Waals surface area (Å²) in [6.45, 7) is 2.29. The van der Waals surface area contributed by atoms with Crippen molar-refractivity contribution in [2.45, 2.75) is 88.4 Å². The van der Waals surface area contributed by atoms with E-state index in [9.17, 15) is 0 Å². The highest BCUT2D eigenvalue weighted by atomic mass is 32.2. The maximum Gasteiger partial charge on any atom is 0.138 e. The molecule has 0 heterocycles. The average Bonchev–Trinajstić information content (AvgIpc) is 2.60. The third-order valence-electron chi connectivity index (χ3n) is 5.33. The fraction of sp³-hybridized carbons (Fsp3) is 0.667. The van der Waals surface area contributed by atoms with E-state index < -0.39 is 0 Å². The van der Waals surface area contributed by atoms with Crippen molar-refractivity contribution >= 4 is 11.8 Å². The Kier molecular flexibility index (Phi) is 8.61. The van der Waals surface area contributed by atoms with E-state index in [1.807, 2.05) is 0 Å². The molecule has 0 bridgehead atoms.